The second-order valence-electron chi connectivity index (χ2n) is 2.23. The van der Waals surface area contributed by atoms with Crippen molar-refractivity contribution >= 4 is 34.2 Å². The molecular formula is C2H6F3LiNO7PS2. The molecule has 0 fully saturated rings. The van der Waals surface area contributed by atoms with Crippen LogP contribution in [-0.4, -0.2) is 38.4 Å². The van der Waals surface area contributed by atoms with Gasteiger partial charge in [0.2, 0.25) is 0 Å². The second-order valence-corrected chi connectivity index (χ2v) is 7.20. The van der Waals surface area contributed by atoms with E-state index in [2.05, 4.69) is 10.3 Å². The van der Waals surface area contributed by atoms with Crippen LogP contribution in [0.2, 0.25) is 0 Å². The minimum Gasteiger partial charge on any atom is -1.00 e. The molecule has 0 aromatic heterocycles. The summed E-state index contributed by atoms with van der Waals surface area (Å²) in [6.45, 7) is 0. The standard InChI is InChI=1S/C2H5F3NO7PS2.Li.H/c1-14(7,8)13-16(11,12)6-15(9,10)2(3,4)5;;/h6-8H,1H2;;/q;+1;-1. The van der Waals surface area contributed by atoms with Crippen LogP contribution in [0.5, 0.6) is 0 Å². The number of alkyl halides is 3. The van der Waals surface area contributed by atoms with Crippen molar-refractivity contribution in [1.29, 1.82) is 0 Å². The first kappa shape index (κ1) is 19.8. The van der Waals surface area contributed by atoms with Crippen molar-refractivity contribution in [2.75, 3.05) is 0 Å². The van der Waals surface area contributed by atoms with Crippen LogP contribution in [0.3, 0.4) is 0 Å². The van der Waals surface area contributed by atoms with Crippen molar-refractivity contribution in [1.82, 2.24) is 4.13 Å². The van der Waals surface area contributed by atoms with Crippen LogP contribution in [0.4, 0.5) is 13.2 Å². The van der Waals surface area contributed by atoms with Crippen LogP contribution in [0.15, 0.2) is 0 Å². The molecule has 0 aliphatic heterocycles. The van der Waals surface area contributed by atoms with Gasteiger partial charge in [-0.15, -0.1) is 0 Å². The zero-order valence-electron chi connectivity index (χ0n) is 9.04. The molecule has 0 spiro atoms. The van der Waals surface area contributed by atoms with E-state index in [1.54, 1.807) is 0 Å². The smallest absolute Gasteiger partial charge is 1.00 e. The maximum absolute atomic E-state index is 11.7. The van der Waals surface area contributed by atoms with Crippen LogP contribution >= 0.6 is 7.57 Å². The number of hydrogen-bond donors (Lipinski definition) is 3. The quantitative estimate of drug-likeness (QED) is 0.356. The van der Waals surface area contributed by atoms with E-state index in [1.165, 1.54) is 0 Å². The van der Waals surface area contributed by atoms with Gasteiger partial charge in [-0.3, -0.25) is 0 Å². The molecule has 15 heteroatoms. The monoisotopic (exact) mass is 315 g/mol. The fraction of sp³-hybridized carbons (Fsp3) is 0.500. The van der Waals surface area contributed by atoms with Crippen LogP contribution in [0, 0.1) is 0 Å². The summed E-state index contributed by atoms with van der Waals surface area (Å²) in [5, 5.41) is 0. The largest absolute Gasteiger partial charge is 1.00 e. The summed E-state index contributed by atoms with van der Waals surface area (Å²) >= 11 is 0. The van der Waals surface area contributed by atoms with Crippen LogP contribution in [-0.2, 0) is 24.3 Å². The van der Waals surface area contributed by atoms with Crippen LogP contribution in [0.1, 0.15) is 1.43 Å². The summed E-state index contributed by atoms with van der Waals surface area (Å²) in [4.78, 5) is 16.8. The molecule has 0 rings (SSSR count). The molecule has 0 saturated carbocycles. The summed E-state index contributed by atoms with van der Waals surface area (Å²) in [6, 6.07) is 0. The second kappa shape index (κ2) is 5.60. The molecule has 0 atom stereocenters. The minimum atomic E-state index is -6.22. The van der Waals surface area contributed by atoms with Gasteiger partial charge in [-0.2, -0.15) is 25.6 Å². The molecule has 0 heterocycles. The van der Waals surface area contributed by atoms with E-state index in [0.717, 1.165) is 0 Å². The molecule has 0 aliphatic rings. The number of rotatable bonds is 4. The van der Waals surface area contributed by atoms with Crippen molar-refractivity contribution in [3.05, 3.63) is 0 Å². The SMILES string of the molecule is C=P(O)(O)OS(=O)(=O)NS(=O)(=O)C(F)(F)F.[H-].[Li+]. The average molecular weight is 315 g/mol. The molecular weight excluding hydrogens is 309 g/mol. The fourth-order valence-corrected chi connectivity index (χ4v) is 3.46. The first-order chi connectivity index (χ1) is 6.66. The summed E-state index contributed by atoms with van der Waals surface area (Å²) in [5.41, 5.74) is -5.89. The third kappa shape index (κ3) is 7.45. The normalized spacial score (nSPS) is 14.2. The third-order valence-corrected chi connectivity index (χ3v) is 4.78. The Morgan fingerprint density at radius 2 is 1.59 bits per heavy atom. The van der Waals surface area contributed by atoms with E-state index in [-0.39, 0.29) is 24.4 Å². The Balaban J connectivity index is -0.00000112. The van der Waals surface area contributed by atoms with E-state index >= 15 is 0 Å². The maximum Gasteiger partial charge on any atom is 1.00 e. The van der Waals surface area contributed by atoms with Gasteiger partial charge in [-0.25, -0.2) is 8.42 Å². The molecule has 0 aliphatic carbocycles. The number of halogens is 3. The average Bonchev–Trinajstić information content (AvgIpc) is 1.72. The molecule has 17 heavy (non-hydrogen) atoms. The maximum atomic E-state index is 11.7. The van der Waals surface area contributed by atoms with Crippen molar-refractivity contribution in [3.8, 4) is 0 Å². The summed E-state index contributed by atoms with van der Waals surface area (Å²) < 4.78 is 80.1. The van der Waals surface area contributed by atoms with Gasteiger partial charge in [0.15, 0.2) is 0 Å². The predicted molar refractivity (Wildman–Crippen MR) is 47.7 cm³/mol. The Labute approximate surface area is 108 Å². The van der Waals surface area contributed by atoms with Gasteiger partial charge >= 0.3 is 44.7 Å². The van der Waals surface area contributed by atoms with Gasteiger partial charge in [0.05, 0.1) is 0 Å². The molecule has 0 unspecified atom stereocenters. The summed E-state index contributed by atoms with van der Waals surface area (Å²) in [5.74, 6) is 0. The van der Waals surface area contributed by atoms with Gasteiger partial charge < -0.3 is 11.2 Å². The predicted octanol–water partition coefficient (Wildman–Crippen LogP) is -4.02. The van der Waals surface area contributed by atoms with E-state index in [0.29, 0.717) is 0 Å². The Morgan fingerprint density at radius 1 is 1.24 bits per heavy atom. The fourth-order valence-electron chi connectivity index (χ4n) is 0.354. The van der Waals surface area contributed by atoms with Gasteiger partial charge in [0.25, 0.3) is 7.57 Å². The van der Waals surface area contributed by atoms with Crippen LogP contribution in [0.25, 0.3) is 0 Å². The molecule has 8 nitrogen and oxygen atoms in total. The van der Waals surface area contributed by atoms with Crippen molar-refractivity contribution in [2.24, 2.45) is 0 Å². The van der Waals surface area contributed by atoms with Crippen molar-refractivity contribution < 1.29 is 64.1 Å². The van der Waals surface area contributed by atoms with Gasteiger partial charge in [0.1, 0.15) is 0 Å². The van der Waals surface area contributed by atoms with E-state index < -0.39 is 33.4 Å². The Kier molecular flexibility index (Phi) is 6.51. The third-order valence-electron chi connectivity index (χ3n) is 0.734. The molecule has 100 valence electrons. The Bertz CT molecular complexity index is 509. The number of nitrogens with one attached hydrogen (secondary N) is 1. The molecule has 0 saturated heterocycles. The van der Waals surface area contributed by atoms with Gasteiger partial charge in [0, 0.05) is 0 Å². The van der Waals surface area contributed by atoms with Gasteiger partial charge in [-0.05, 0) is 6.30 Å². The number of sulfonamides is 1. The molecule has 0 bridgehead atoms. The first-order valence-corrected chi connectivity index (χ1v) is 7.60. The van der Waals surface area contributed by atoms with Crippen molar-refractivity contribution in [2.45, 2.75) is 5.51 Å². The molecule has 3 N–H and O–H groups in total. The Morgan fingerprint density at radius 3 is 1.82 bits per heavy atom. The summed E-state index contributed by atoms with van der Waals surface area (Å²) in [6.07, 6.45) is 2.35. The van der Waals surface area contributed by atoms with Crippen molar-refractivity contribution in [3.63, 3.8) is 0 Å². The molecule has 0 aromatic carbocycles. The van der Waals surface area contributed by atoms with E-state index in [4.69, 9.17) is 9.79 Å². The zero-order chi connectivity index (χ0) is 13.4. The topological polar surface area (TPSA) is 130 Å². The Hall–Kier alpha value is 0.427. The number of hydrogen-bond acceptors (Lipinski definition) is 7. The van der Waals surface area contributed by atoms with Crippen LogP contribution < -0.4 is 23.0 Å². The molecule has 0 amide bonds. The van der Waals surface area contributed by atoms with E-state index in [9.17, 15) is 30.0 Å². The molecule has 0 aromatic rings. The zero-order valence-corrected chi connectivity index (χ0v) is 10.6. The van der Waals surface area contributed by atoms with E-state index in [1.807, 2.05) is 0 Å². The minimum absolute atomic E-state index is 0. The first-order valence-electron chi connectivity index (χ1n) is 2.91. The summed E-state index contributed by atoms with van der Waals surface area (Å²) in [7, 11) is -16.5. The van der Waals surface area contributed by atoms with Gasteiger partial charge in [-0.1, -0.05) is 4.13 Å². The molecule has 0 radical (unpaired) electrons.